The lowest BCUT2D eigenvalue weighted by Crippen LogP contribution is -2.59. The zero-order valence-electron chi connectivity index (χ0n) is 10.6. The number of nitrogens with two attached hydrogens (primary N) is 1. The molecular formula is C13H16F2N2O2. The molecule has 1 atom stereocenters. The van der Waals surface area contributed by atoms with Gasteiger partial charge in [-0.2, -0.15) is 4.39 Å². The van der Waals surface area contributed by atoms with Crippen LogP contribution in [0.5, 0.6) is 5.75 Å². The van der Waals surface area contributed by atoms with E-state index in [1.807, 2.05) is 0 Å². The molecule has 0 heterocycles. The van der Waals surface area contributed by atoms with Gasteiger partial charge < -0.3 is 15.8 Å². The maximum atomic E-state index is 13.5. The molecule has 1 aliphatic rings. The lowest BCUT2D eigenvalue weighted by Gasteiger charge is -2.30. The van der Waals surface area contributed by atoms with E-state index < -0.39 is 23.1 Å². The molecule has 4 nitrogen and oxygen atoms in total. The first kappa shape index (κ1) is 13.7. The average Bonchev–Trinajstić information content (AvgIpc) is 3.20. The highest BCUT2D eigenvalue weighted by molar-refractivity contribution is 5.85. The highest BCUT2D eigenvalue weighted by Crippen LogP contribution is 2.40. The molecule has 1 saturated carbocycles. The molecule has 1 aliphatic carbocycles. The van der Waals surface area contributed by atoms with Crippen molar-refractivity contribution in [3.05, 3.63) is 29.8 Å². The Morgan fingerprint density at radius 1 is 1.53 bits per heavy atom. The summed E-state index contributed by atoms with van der Waals surface area (Å²) in [5.41, 5.74) is 4.38. The van der Waals surface area contributed by atoms with Crippen molar-refractivity contribution in [2.45, 2.75) is 18.4 Å². The average molecular weight is 270 g/mol. The zero-order valence-corrected chi connectivity index (χ0v) is 10.6. The van der Waals surface area contributed by atoms with Gasteiger partial charge in [-0.05, 0) is 37.9 Å². The van der Waals surface area contributed by atoms with Crippen molar-refractivity contribution in [2.24, 2.45) is 11.7 Å². The van der Waals surface area contributed by atoms with Gasteiger partial charge in [0.15, 0.2) is 11.6 Å². The SMILES string of the molecule is CNC(COc1cccc(F)c1F)(C(N)=O)C1CC1. The molecule has 0 spiro atoms. The van der Waals surface area contributed by atoms with E-state index in [1.165, 1.54) is 12.1 Å². The van der Waals surface area contributed by atoms with Crippen LogP contribution in [0.1, 0.15) is 12.8 Å². The van der Waals surface area contributed by atoms with Crippen LogP contribution in [0, 0.1) is 17.6 Å². The fraction of sp³-hybridized carbons (Fsp3) is 0.462. The Labute approximate surface area is 109 Å². The van der Waals surface area contributed by atoms with Crippen molar-refractivity contribution in [3.63, 3.8) is 0 Å². The third kappa shape index (κ3) is 2.53. The highest BCUT2D eigenvalue weighted by Gasteiger charge is 2.49. The molecule has 1 amide bonds. The van der Waals surface area contributed by atoms with Gasteiger partial charge in [0.1, 0.15) is 12.1 Å². The minimum Gasteiger partial charge on any atom is -0.488 e. The van der Waals surface area contributed by atoms with Crippen LogP contribution < -0.4 is 15.8 Å². The summed E-state index contributed by atoms with van der Waals surface area (Å²) in [4.78, 5) is 11.6. The summed E-state index contributed by atoms with van der Waals surface area (Å²) in [6.07, 6.45) is 1.72. The van der Waals surface area contributed by atoms with Gasteiger partial charge in [0.05, 0.1) is 0 Å². The minimum atomic E-state index is -1.06. The molecule has 0 bridgehead atoms. The smallest absolute Gasteiger partial charge is 0.241 e. The number of primary amides is 1. The Balaban J connectivity index is 2.15. The lowest BCUT2D eigenvalue weighted by atomic mass is 9.93. The van der Waals surface area contributed by atoms with E-state index in [4.69, 9.17) is 10.5 Å². The number of hydrogen-bond donors (Lipinski definition) is 2. The predicted molar refractivity (Wildman–Crippen MR) is 65.6 cm³/mol. The predicted octanol–water partition coefficient (Wildman–Crippen LogP) is 1.20. The van der Waals surface area contributed by atoms with E-state index in [0.29, 0.717) is 0 Å². The van der Waals surface area contributed by atoms with Crippen molar-refractivity contribution >= 4 is 5.91 Å². The van der Waals surface area contributed by atoms with Crippen molar-refractivity contribution in [2.75, 3.05) is 13.7 Å². The molecule has 3 N–H and O–H groups in total. The molecule has 1 aromatic carbocycles. The Kier molecular flexibility index (Phi) is 3.71. The van der Waals surface area contributed by atoms with Crippen LogP contribution in [-0.2, 0) is 4.79 Å². The molecule has 0 saturated heterocycles. The molecule has 6 heteroatoms. The Hall–Kier alpha value is -1.69. The monoisotopic (exact) mass is 270 g/mol. The zero-order chi connectivity index (χ0) is 14.0. The van der Waals surface area contributed by atoms with E-state index in [2.05, 4.69) is 5.32 Å². The lowest BCUT2D eigenvalue weighted by molar-refractivity contribution is -0.126. The van der Waals surface area contributed by atoms with E-state index >= 15 is 0 Å². The van der Waals surface area contributed by atoms with Gasteiger partial charge in [-0.3, -0.25) is 4.79 Å². The molecule has 1 fully saturated rings. The quantitative estimate of drug-likeness (QED) is 0.816. The molecule has 104 valence electrons. The van der Waals surface area contributed by atoms with Gasteiger partial charge in [-0.1, -0.05) is 6.07 Å². The van der Waals surface area contributed by atoms with Crippen molar-refractivity contribution in [1.29, 1.82) is 0 Å². The first-order chi connectivity index (χ1) is 9.01. The fourth-order valence-corrected chi connectivity index (χ4v) is 2.15. The second-order valence-corrected chi connectivity index (χ2v) is 4.70. The highest BCUT2D eigenvalue weighted by atomic mass is 19.2. The van der Waals surface area contributed by atoms with Crippen LogP contribution in [-0.4, -0.2) is 25.1 Å². The largest absolute Gasteiger partial charge is 0.488 e. The summed E-state index contributed by atoms with van der Waals surface area (Å²) in [6, 6.07) is 3.66. The Bertz CT molecular complexity index is 492. The molecule has 0 radical (unpaired) electrons. The third-order valence-electron chi connectivity index (χ3n) is 3.53. The molecule has 0 aliphatic heterocycles. The Morgan fingerprint density at radius 3 is 2.74 bits per heavy atom. The van der Waals surface area contributed by atoms with Crippen LogP contribution in [0.3, 0.4) is 0 Å². The number of carbonyl (C=O) groups is 1. The second-order valence-electron chi connectivity index (χ2n) is 4.70. The van der Waals surface area contributed by atoms with Crippen LogP contribution in [0.2, 0.25) is 0 Å². The number of ether oxygens (including phenoxy) is 1. The maximum Gasteiger partial charge on any atom is 0.241 e. The Morgan fingerprint density at radius 2 is 2.21 bits per heavy atom. The van der Waals surface area contributed by atoms with Crippen LogP contribution >= 0.6 is 0 Å². The number of nitrogens with one attached hydrogen (secondary N) is 1. The number of carbonyl (C=O) groups excluding carboxylic acids is 1. The number of halogens is 2. The van der Waals surface area contributed by atoms with Gasteiger partial charge in [-0.15, -0.1) is 0 Å². The van der Waals surface area contributed by atoms with Crippen molar-refractivity contribution in [1.82, 2.24) is 5.32 Å². The van der Waals surface area contributed by atoms with Crippen LogP contribution in [0.25, 0.3) is 0 Å². The molecule has 0 aromatic heterocycles. The number of rotatable bonds is 6. The van der Waals surface area contributed by atoms with Gasteiger partial charge in [0, 0.05) is 0 Å². The summed E-state index contributed by atoms with van der Waals surface area (Å²) in [6.45, 7) is -0.121. The number of likely N-dealkylation sites (N-methyl/N-ethyl adjacent to an activating group) is 1. The van der Waals surface area contributed by atoms with Gasteiger partial charge in [0.2, 0.25) is 11.7 Å². The topological polar surface area (TPSA) is 64.3 Å². The fourth-order valence-electron chi connectivity index (χ4n) is 2.15. The van der Waals surface area contributed by atoms with Gasteiger partial charge in [-0.25, -0.2) is 4.39 Å². The van der Waals surface area contributed by atoms with E-state index in [0.717, 1.165) is 18.9 Å². The van der Waals surface area contributed by atoms with Gasteiger partial charge >= 0.3 is 0 Å². The van der Waals surface area contributed by atoms with Crippen LogP contribution in [0.4, 0.5) is 8.78 Å². The normalized spacial score (nSPS) is 17.8. The summed E-state index contributed by atoms with van der Waals surface area (Å²) < 4.78 is 31.8. The second kappa shape index (κ2) is 5.13. The maximum absolute atomic E-state index is 13.5. The van der Waals surface area contributed by atoms with E-state index in [9.17, 15) is 13.6 Å². The number of hydrogen-bond acceptors (Lipinski definition) is 3. The molecule has 19 heavy (non-hydrogen) atoms. The molecular weight excluding hydrogens is 254 g/mol. The standard InChI is InChI=1S/C13H16F2N2O2/c1-17-13(12(16)18,8-5-6-8)7-19-10-4-2-3-9(14)11(10)15/h2-4,8,17H,5-7H2,1H3,(H2,16,18). The van der Waals surface area contributed by atoms with Crippen molar-refractivity contribution < 1.29 is 18.3 Å². The molecule has 1 unspecified atom stereocenters. The van der Waals surface area contributed by atoms with Gasteiger partial charge in [0.25, 0.3) is 0 Å². The first-order valence-electron chi connectivity index (χ1n) is 6.07. The summed E-state index contributed by atoms with van der Waals surface area (Å²) >= 11 is 0. The summed E-state index contributed by atoms with van der Waals surface area (Å²) in [5.74, 6) is -2.74. The third-order valence-corrected chi connectivity index (χ3v) is 3.53. The van der Waals surface area contributed by atoms with E-state index in [1.54, 1.807) is 7.05 Å². The molecule has 1 aromatic rings. The summed E-state index contributed by atoms with van der Waals surface area (Å²) in [5, 5.41) is 2.87. The number of benzene rings is 1. The van der Waals surface area contributed by atoms with Crippen molar-refractivity contribution in [3.8, 4) is 5.75 Å². The van der Waals surface area contributed by atoms with E-state index in [-0.39, 0.29) is 18.3 Å². The first-order valence-corrected chi connectivity index (χ1v) is 6.07. The van der Waals surface area contributed by atoms with Crippen LogP contribution in [0.15, 0.2) is 18.2 Å². The molecule has 2 rings (SSSR count). The number of amides is 1. The minimum absolute atomic E-state index is 0.0756. The summed E-state index contributed by atoms with van der Waals surface area (Å²) in [7, 11) is 1.61.